The smallest absolute Gasteiger partial charge is 0.00201 e. The number of hydrogen-bond acceptors (Lipinski definition) is 0. The van der Waals surface area contributed by atoms with Gasteiger partial charge in [-0.25, -0.2) is 0 Å². The first-order chi connectivity index (χ1) is 20.8. The summed E-state index contributed by atoms with van der Waals surface area (Å²) >= 11 is 0. The number of hydrogen-bond donors (Lipinski definition) is 0. The van der Waals surface area contributed by atoms with Crippen LogP contribution in [0.5, 0.6) is 0 Å². The van der Waals surface area contributed by atoms with Gasteiger partial charge in [-0.2, -0.15) is 0 Å². The van der Waals surface area contributed by atoms with Crippen LogP contribution in [0.1, 0.15) is 0 Å². The summed E-state index contributed by atoms with van der Waals surface area (Å²) in [6.07, 6.45) is 0. The molecule has 0 unspecified atom stereocenters. The monoisotopic (exact) mass is 532 g/mol. The summed E-state index contributed by atoms with van der Waals surface area (Å²) in [7, 11) is 0. The first-order valence-electron chi connectivity index (χ1n) is 14.5. The average Bonchev–Trinajstić information content (AvgIpc) is 3.08. The summed E-state index contributed by atoms with van der Waals surface area (Å²) < 4.78 is 0. The lowest BCUT2D eigenvalue weighted by atomic mass is 9.83. The molecule has 0 amide bonds. The van der Waals surface area contributed by atoms with E-state index in [1.165, 1.54) is 76.8 Å². The predicted octanol–water partition coefficient (Wildman–Crippen LogP) is 11.8. The molecule has 0 aliphatic rings. The standard InChI is InChI=1S/C42H28/c1-3-12-29(13-4-1)31-22-24-33(25-23-31)41-37-19-9-10-20-38(37)42(36-21-11-17-32-16-7-8-18-35(32)36)39-27-26-34(28-40(39)41)30-14-5-2-6-15-30/h1-28H. The van der Waals surface area contributed by atoms with Crippen molar-refractivity contribution in [2.24, 2.45) is 0 Å². The van der Waals surface area contributed by atoms with E-state index in [4.69, 9.17) is 0 Å². The normalized spacial score (nSPS) is 11.3. The minimum Gasteiger partial charge on any atom is -0.0622 e. The van der Waals surface area contributed by atoms with Gasteiger partial charge in [-0.3, -0.25) is 0 Å². The molecule has 0 aliphatic heterocycles. The SMILES string of the molecule is c1ccc(-c2ccc(-c3c4ccccc4c(-c4cccc5ccccc45)c4ccc(-c5ccccc5)cc34)cc2)cc1. The van der Waals surface area contributed by atoms with Gasteiger partial charge in [0.25, 0.3) is 0 Å². The topological polar surface area (TPSA) is 0 Å². The summed E-state index contributed by atoms with van der Waals surface area (Å²) in [5, 5.41) is 7.62. The van der Waals surface area contributed by atoms with Crippen molar-refractivity contribution in [2.75, 3.05) is 0 Å². The molecular weight excluding hydrogens is 504 g/mol. The van der Waals surface area contributed by atoms with Crippen molar-refractivity contribution >= 4 is 32.3 Å². The van der Waals surface area contributed by atoms with Gasteiger partial charge >= 0.3 is 0 Å². The highest BCUT2D eigenvalue weighted by atomic mass is 14.2. The maximum atomic E-state index is 2.40. The van der Waals surface area contributed by atoms with Gasteiger partial charge in [-0.1, -0.05) is 164 Å². The van der Waals surface area contributed by atoms with Crippen LogP contribution in [0.15, 0.2) is 170 Å². The molecule has 0 nitrogen and oxygen atoms in total. The molecule has 8 aromatic carbocycles. The summed E-state index contributed by atoms with van der Waals surface area (Å²) in [6, 6.07) is 61.7. The molecule has 0 aliphatic carbocycles. The van der Waals surface area contributed by atoms with Crippen molar-refractivity contribution < 1.29 is 0 Å². The van der Waals surface area contributed by atoms with E-state index in [1.807, 2.05) is 0 Å². The second-order valence-corrected chi connectivity index (χ2v) is 10.9. The van der Waals surface area contributed by atoms with E-state index in [-0.39, 0.29) is 0 Å². The molecule has 8 aromatic rings. The zero-order chi connectivity index (χ0) is 27.9. The van der Waals surface area contributed by atoms with Crippen LogP contribution in [0.2, 0.25) is 0 Å². The van der Waals surface area contributed by atoms with Gasteiger partial charge in [-0.15, -0.1) is 0 Å². The largest absolute Gasteiger partial charge is 0.0622 e. The number of rotatable bonds is 4. The van der Waals surface area contributed by atoms with Gasteiger partial charge in [0.15, 0.2) is 0 Å². The zero-order valence-electron chi connectivity index (χ0n) is 23.2. The second kappa shape index (κ2) is 10.2. The highest BCUT2D eigenvalue weighted by Crippen LogP contribution is 2.46. The van der Waals surface area contributed by atoms with Crippen LogP contribution in [-0.2, 0) is 0 Å². The van der Waals surface area contributed by atoms with Crippen LogP contribution in [0.4, 0.5) is 0 Å². The van der Waals surface area contributed by atoms with Crippen LogP contribution < -0.4 is 0 Å². The second-order valence-electron chi connectivity index (χ2n) is 10.9. The van der Waals surface area contributed by atoms with Gasteiger partial charge in [-0.05, 0) is 82.9 Å². The molecule has 0 radical (unpaired) electrons. The molecule has 42 heavy (non-hydrogen) atoms. The summed E-state index contributed by atoms with van der Waals surface area (Å²) in [5.74, 6) is 0. The first-order valence-corrected chi connectivity index (χ1v) is 14.5. The van der Waals surface area contributed by atoms with Crippen molar-refractivity contribution in [3.05, 3.63) is 170 Å². The van der Waals surface area contributed by atoms with E-state index < -0.39 is 0 Å². The van der Waals surface area contributed by atoms with Crippen LogP contribution in [0, 0.1) is 0 Å². The minimum absolute atomic E-state index is 1.23. The molecule has 0 aromatic heterocycles. The summed E-state index contributed by atoms with van der Waals surface area (Å²) in [5.41, 5.74) is 9.98. The van der Waals surface area contributed by atoms with E-state index >= 15 is 0 Å². The Balaban J connectivity index is 1.47. The third kappa shape index (κ3) is 4.08. The van der Waals surface area contributed by atoms with Crippen LogP contribution in [-0.4, -0.2) is 0 Å². The molecule has 0 spiro atoms. The first kappa shape index (κ1) is 24.3. The van der Waals surface area contributed by atoms with Gasteiger partial charge in [0.2, 0.25) is 0 Å². The Morgan fingerprint density at radius 1 is 0.238 bits per heavy atom. The fourth-order valence-corrected chi connectivity index (χ4v) is 6.49. The Bertz CT molecular complexity index is 2200. The lowest BCUT2D eigenvalue weighted by Gasteiger charge is -2.20. The Morgan fingerprint density at radius 3 is 1.43 bits per heavy atom. The van der Waals surface area contributed by atoms with E-state index in [0.717, 1.165) is 0 Å². The minimum atomic E-state index is 1.23. The lowest BCUT2D eigenvalue weighted by molar-refractivity contribution is 1.61. The maximum absolute atomic E-state index is 2.40. The number of fused-ring (bicyclic) bond motifs is 3. The summed E-state index contributed by atoms with van der Waals surface area (Å²) in [4.78, 5) is 0. The molecule has 0 saturated heterocycles. The van der Waals surface area contributed by atoms with Crippen molar-refractivity contribution in [1.29, 1.82) is 0 Å². The van der Waals surface area contributed by atoms with Crippen molar-refractivity contribution in [3.8, 4) is 44.5 Å². The van der Waals surface area contributed by atoms with Crippen LogP contribution in [0.3, 0.4) is 0 Å². The molecule has 8 rings (SSSR count). The molecule has 0 N–H and O–H groups in total. The molecule has 0 atom stereocenters. The van der Waals surface area contributed by atoms with Gasteiger partial charge < -0.3 is 0 Å². The summed E-state index contributed by atoms with van der Waals surface area (Å²) in [6.45, 7) is 0. The molecule has 0 fully saturated rings. The molecule has 0 saturated carbocycles. The lowest BCUT2D eigenvalue weighted by Crippen LogP contribution is -1.92. The molecular formula is C42H28. The van der Waals surface area contributed by atoms with Crippen molar-refractivity contribution in [1.82, 2.24) is 0 Å². The highest BCUT2D eigenvalue weighted by Gasteiger charge is 2.18. The van der Waals surface area contributed by atoms with Crippen LogP contribution >= 0.6 is 0 Å². The Kier molecular flexibility index (Phi) is 5.90. The van der Waals surface area contributed by atoms with Gasteiger partial charge in [0.1, 0.15) is 0 Å². The molecule has 0 heterocycles. The Morgan fingerprint density at radius 2 is 0.714 bits per heavy atom. The molecule has 0 bridgehead atoms. The van der Waals surface area contributed by atoms with E-state index in [1.54, 1.807) is 0 Å². The average molecular weight is 533 g/mol. The molecule has 196 valence electrons. The van der Waals surface area contributed by atoms with Gasteiger partial charge in [0, 0.05) is 0 Å². The zero-order valence-corrected chi connectivity index (χ0v) is 23.2. The van der Waals surface area contributed by atoms with E-state index in [2.05, 4.69) is 170 Å². The van der Waals surface area contributed by atoms with Crippen LogP contribution in [0.25, 0.3) is 76.8 Å². The van der Waals surface area contributed by atoms with E-state index in [9.17, 15) is 0 Å². The highest BCUT2D eigenvalue weighted by molar-refractivity contribution is 6.24. The number of benzene rings is 8. The fraction of sp³-hybridized carbons (Fsp3) is 0. The Hall–Kier alpha value is -5.46. The van der Waals surface area contributed by atoms with Crippen molar-refractivity contribution in [3.63, 3.8) is 0 Å². The molecule has 0 heteroatoms. The predicted molar refractivity (Wildman–Crippen MR) is 181 cm³/mol. The third-order valence-corrected chi connectivity index (χ3v) is 8.47. The Labute approximate surface area is 246 Å². The fourth-order valence-electron chi connectivity index (χ4n) is 6.49. The third-order valence-electron chi connectivity index (χ3n) is 8.47. The van der Waals surface area contributed by atoms with Gasteiger partial charge in [0.05, 0.1) is 0 Å². The quantitative estimate of drug-likeness (QED) is 0.198. The maximum Gasteiger partial charge on any atom is -0.00201 e. The van der Waals surface area contributed by atoms with Crippen molar-refractivity contribution in [2.45, 2.75) is 0 Å². The van der Waals surface area contributed by atoms with E-state index in [0.29, 0.717) is 0 Å².